The normalized spacial score (nSPS) is 12.7. The van der Waals surface area contributed by atoms with E-state index in [-0.39, 0.29) is 0 Å². The summed E-state index contributed by atoms with van der Waals surface area (Å²) in [6.45, 7) is 0.157. The molecule has 0 bridgehead atoms. The third-order valence-corrected chi connectivity index (χ3v) is 4.43. The predicted octanol–water partition coefficient (Wildman–Crippen LogP) is 2.65. The van der Waals surface area contributed by atoms with Gasteiger partial charge in [-0.1, -0.05) is 11.8 Å². The van der Waals surface area contributed by atoms with Gasteiger partial charge in [0, 0.05) is 12.6 Å². The average molecular weight is 374 g/mol. The van der Waals surface area contributed by atoms with Gasteiger partial charge in [-0.3, -0.25) is 4.79 Å². The third kappa shape index (κ3) is 5.12. The summed E-state index contributed by atoms with van der Waals surface area (Å²) in [5, 5.41) is 9.63. The first kappa shape index (κ1) is 19.1. The van der Waals surface area contributed by atoms with Gasteiger partial charge in [0.05, 0.1) is 12.4 Å². The number of rotatable bonds is 6. The van der Waals surface area contributed by atoms with Gasteiger partial charge in [-0.05, 0) is 31.2 Å². The fourth-order valence-corrected chi connectivity index (χ4v) is 2.79. The van der Waals surface area contributed by atoms with Crippen LogP contribution in [0.15, 0.2) is 29.4 Å². The van der Waals surface area contributed by atoms with E-state index < -0.39 is 23.9 Å². The summed E-state index contributed by atoms with van der Waals surface area (Å²) < 4.78 is 43.3. The highest BCUT2D eigenvalue weighted by molar-refractivity contribution is 8.00. The van der Waals surface area contributed by atoms with Gasteiger partial charge in [0.25, 0.3) is 0 Å². The molecule has 0 aliphatic carbocycles. The van der Waals surface area contributed by atoms with Gasteiger partial charge >= 0.3 is 6.18 Å². The number of methoxy groups -OCH3 is 1. The Morgan fingerprint density at radius 1 is 1.32 bits per heavy atom. The number of nitrogens with one attached hydrogen (secondary N) is 1. The van der Waals surface area contributed by atoms with Crippen molar-refractivity contribution in [2.75, 3.05) is 13.7 Å². The number of hydrogen-bond donors (Lipinski definition) is 1. The number of aromatic nitrogens is 3. The molecule has 0 spiro atoms. The van der Waals surface area contributed by atoms with E-state index in [0.717, 1.165) is 17.3 Å². The summed E-state index contributed by atoms with van der Waals surface area (Å²) >= 11 is 1.04. The van der Waals surface area contributed by atoms with Gasteiger partial charge in [-0.15, -0.1) is 10.2 Å². The van der Waals surface area contributed by atoms with Crippen molar-refractivity contribution in [3.8, 4) is 17.1 Å². The van der Waals surface area contributed by atoms with Crippen LogP contribution in [0, 0.1) is 0 Å². The number of hydrogen-bond acceptors (Lipinski definition) is 5. The van der Waals surface area contributed by atoms with Gasteiger partial charge in [-0.2, -0.15) is 13.2 Å². The topological polar surface area (TPSA) is 69.0 Å². The molecule has 1 heterocycles. The maximum Gasteiger partial charge on any atom is 0.405 e. The molecular formula is C15H17F3N4O2S. The van der Waals surface area contributed by atoms with Gasteiger partial charge < -0.3 is 14.6 Å². The molecule has 136 valence electrons. The lowest BCUT2D eigenvalue weighted by Gasteiger charge is -2.13. The predicted molar refractivity (Wildman–Crippen MR) is 87.4 cm³/mol. The Balaban J connectivity index is 2.06. The minimum absolute atomic E-state index is 0.431. The van der Waals surface area contributed by atoms with E-state index in [1.165, 1.54) is 6.92 Å². The van der Waals surface area contributed by atoms with Crippen LogP contribution < -0.4 is 10.1 Å². The summed E-state index contributed by atoms with van der Waals surface area (Å²) in [5.74, 6) is 0.569. The smallest absolute Gasteiger partial charge is 0.405 e. The van der Waals surface area contributed by atoms with Crippen molar-refractivity contribution in [3.05, 3.63) is 24.3 Å². The summed E-state index contributed by atoms with van der Waals surface area (Å²) in [6, 6.07) is 7.20. The van der Waals surface area contributed by atoms with E-state index in [4.69, 9.17) is 4.74 Å². The number of amides is 1. The molecule has 2 aromatic rings. The van der Waals surface area contributed by atoms with E-state index in [0.29, 0.717) is 16.7 Å². The van der Waals surface area contributed by atoms with Crippen molar-refractivity contribution in [2.45, 2.75) is 23.5 Å². The summed E-state index contributed by atoms with van der Waals surface area (Å²) in [5.41, 5.74) is 0.803. The average Bonchev–Trinajstić information content (AvgIpc) is 2.92. The second-order valence-corrected chi connectivity index (χ2v) is 6.49. The molecule has 1 aromatic heterocycles. The van der Waals surface area contributed by atoms with Gasteiger partial charge in [0.2, 0.25) is 5.91 Å². The number of ether oxygens (including phenoxy) is 1. The van der Waals surface area contributed by atoms with Crippen LogP contribution in [0.5, 0.6) is 5.75 Å². The van der Waals surface area contributed by atoms with Crippen LogP contribution in [0.4, 0.5) is 13.2 Å². The van der Waals surface area contributed by atoms with Gasteiger partial charge in [0.15, 0.2) is 11.0 Å². The number of carbonyl (C=O) groups excluding carboxylic acids is 1. The van der Waals surface area contributed by atoms with Crippen LogP contribution in [0.1, 0.15) is 6.92 Å². The third-order valence-electron chi connectivity index (χ3n) is 3.30. The van der Waals surface area contributed by atoms with Crippen LogP contribution in [-0.2, 0) is 11.8 Å². The molecule has 1 N–H and O–H groups in total. The van der Waals surface area contributed by atoms with E-state index in [1.807, 2.05) is 17.4 Å². The molecule has 0 saturated heterocycles. The Morgan fingerprint density at radius 2 is 1.96 bits per heavy atom. The number of halogens is 3. The van der Waals surface area contributed by atoms with Crippen molar-refractivity contribution in [2.24, 2.45) is 7.05 Å². The van der Waals surface area contributed by atoms with Crippen LogP contribution in [0.2, 0.25) is 0 Å². The first-order valence-corrected chi connectivity index (χ1v) is 8.14. The van der Waals surface area contributed by atoms with Gasteiger partial charge in [-0.25, -0.2) is 0 Å². The van der Waals surface area contributed by atoms with E-state index in [2.05, 4.69) is 10.2 Å². The van der Waals surface area contributed by atoms with Crippen molar-refractivity contribution in [3.63, 3.8) is 0 Å². The monoisotopic (exact) mass is 374 g/mol. The molecule has 0 aliphatic heterocycles. The Labute approximate surface area is 146 Å². The fourth-order valence-electron chi connectivity index (χ4n) is 1.95. The largest absolute Gasteiger partial charge is 0.497 e. The molecule has 1 aromatic carbocycles. The van der Waals surface area contributed by atoms with Crippen LogP contribution >= 0.6 is 11.8 Å². The number of thioether (sulfide) groups is 1. The van der Waals surface area contributed by atoms with E-state index in [9.17, 15) is 18.0 Å². The first-order chi connectivity index (χ1) is 11.7. The second kappa shape index (κ2) is 7.77. The Bertz CT molecular complexity index is 731. The van der Waals surface area contributed by atoms with E-state index in [1.54, 1.807) is 30.9 Å². The Morgan fingerprint density at radius 3 is 2.52 bits per heavy atom. The highest BCUT2D eigenvalue weighted by Gasteiger charge is 2.29. The zero-order chi connectivity index (χ0) is 18.6. The first-order valence-electron chi connectivity index (χ1n) is 7.26. The molecular weight excluding hydrogens is 357 g/mol. The number of nitrogens with zero attached hydrogens (tertiary/aromatic N) is 3. The fraction of sp³-hybridized carbons (Fsp3) is 0.400. The molecule has 25 heavy (non-hydrogen) atoms. The molecule has 2 rings (SSSR count). The van der Waals surface area contributed by atoms with Crippen LogP contribution in [0.25, 0.3) is 11.4 Å². The highest BCUT2D eigenvalue weighted by atomic mass is 32.2. The lowest BCUT2D eigenvalue weighted by atomic mass is 10.2. The minimum Gasteiger partial charge on any atom is -0.497 e. The molecule has 0 aliphatic rings. The minimum atomic E-state index is -4.44. The quantitative estimate of drug-likeness (QED) is 0.788. The molecule has 0 saturated carbocycles. The summed E-state index contributed by atoms with van der Waals surface area (Å²) in [6.07, 6.45) is -4.44. The highest BCUT2D eigenvalue weighted by Crippen LogP contribution is 2.26. The molecule has 1 amide bonds. The molecule has 0 fully saturated rings. The Kier molecular flexibility index (Phi) is 5.93. The number of benzene rings is 1. The van der Waals surface area contributed by atoms with Gasteiger partial charge in [0.1, 0.15) is 12.3 Å². The standard InChI is InChI=1S/C15H17F3N4O2S/c1-9(13(23)19-8-15(16,17)18)25-14-21-20-12(22(14)2)10-4-6-11(24-3)7-5-10/h4-7,9H,8H2,1-3H3,(H,19,23). The second-order valence-electron chi connectivity index (χ2n) is 5.19. The lowest BCUT2D eigenvalue weighted by Crippen LogP contribution is -2.38. The zero-order valence-electron chi connectivity index (χ0n) is 13.8. The maximum absolute atomic E-state index is 12.2. The summed E-state index contributed by atoms with van der Waals surface area (Å²) in [7, 11) is 3.29. The summed E-state index contributed by atoms with van der Waals surface area (Å²) in [4.78, 5) is 11.7. The van der Waals surface area contributed by atoms with Crippen molar-refractivity contribution >= 4 is 17.7 Å². The Hall–Kier alpha value is -2.23. The van der Waals surface area contributed by atoms with Crippen LogP contribution in [-0.4, -0.2) is 45.8 Å². The molecule has 1 atom stereocenters. The number of carbonyl (C=O) groups is 1. The zero-order valence-corrected chi connectivity index (χ0v) is 14.6. The van der Waals surface area contributed by atoms with Crippen molar-refractivity contribution in [1.82, 2.24) is 20.1 Å². The molecule has 0 radical (unpaired) electrons. The van der Waals surface area contributed by atoms with Crippen molar-refractivity contribution < 1.29 is 22.7 Å². The lowest BCUT2D eigenvalue weighted by molar-refractivity contribution is -0.137. The molecule has 1 unspecified atom stereocenters. The molecule has 6 nitrogen and oxygen atoms in total. The van der Waals surface area contributed by atoms with E-state index >= 15 is 0 Å². The SMILES string of the molecule is COc1ccc(-c2nnc(SC(C)C(=O)NCC(F)(F)F)n2C)cc1. The maximum atomic E-state index is 12.2. The van der Waals surface area contributed by atoms with Crippen molar-refractivity contribution in [1.29, 1.82) is 0 Å². The number of alkyl halides is 3. The van der Waals surface area contributed by atoms with Crippen LogP contribution in [0.3, 0.4) is 0 Å². The molecule has 10 heteroatoms.